The lowest BCUT2D eigenvalue weighted by Crippen LogP contribution is -2.14. The summed E-state index contributed by atoms with van der Waals surface area (Å²) >= 11 is 0. The molecule has 0 fully saturated rings. The highest BCUT2D eigenvalue weighted by atomic mass is 16.5. The summed E-state index contributed by atoms with van der Waals surface area (Å²) in [4.78, 5) is 15.4. The van der Waals surface area contributed by atoms with Crippen LogP contribution in [-0.2, 0) is 22.7 Å². The maximum Gasteiger partial charge on any atom is 0.328 e. The maximum atomic E-state index is 11.7. The summed E-state index contributed by atoms with van der Waals surface area (Å²) in [5, 5.41) is 3.80. The Morgan fingerprint density at radius 3 is 2.67 bits per heavy atom. The van der Waals surface area contributed by atoms with Gasteiger partial charge in [0, 0.05) is 0 Å². The van der Waals surface area contributed by atoms with E-state index in [0.29, 0.717) is 11.5 Å². The Kier molecular flexibility index (Phi) is 4.60. The van der Waals surface area contributed by atoms with Gasteiger partial charge >= 0.3 is 5.97 Å². The van der Waals surface area contributed by atoms with Gasteiger partial charge in [0.15, 0.2) is 11.5 Å². The number of benzene rings is 1. The number of nitrogens with zero attached hydrogens (tertiary/aromatic N) is 3. The zero-order valence-electron chi connectivity index (χ0n) is 11.8. The van der Waals surface area contributed by atoms with Crippen LogP contribution in [0.25, 0.3) is 0 Å². The number of methoxy groups -OCH3 is 2. The summed E-state index contributed by atoms with van der Waals surface area (Å²) < 4.78 is 16.8. The van der Waals surface area contributed by atoms with Crippen molar-refractivity contribution in [2.24, 2.45) is 0 Å². The summed E-state index contributed by atoms with van der Waals surface area (Å²) in [6.07, 6.45) is 1.37. The molecule has 0 atom stereocenters. The minimum atomic E-state index is -0.435. The molecule has 1 heterocycles. The van der Waals surface area contributed by atoms with Gasteiger partial charge in [0.1, 0.15) is 19.5 Å². The maximum absolute atomic E-state index is 11.7. The van der Waals surface area contributed by atoms with E-state index < -0.39 is 5.97 Å². The molecule has 1 aromatic carbocycles. The van der Waals surface area contributed by atoms with Gasteiger partial charge < -0.3 is 19.9 Å². The third kappa shape index (κ3) is 3.85. The second-order valence-corrected chi connectivity index (χ2v) is 4.15. The molecule has 0 unspecified atom stereocenters. The highest BCUT2D eigenvalue weighted by molar-refractivity contribution is 5.69. The molecule has 1 aromatic heterocycles. The average Bonchev–Trinajstić information content (AvgIpc) is 2.89. The molecule has 0 saturated carbocycles. The number of carbonyl (C=O) groups excluding carboxylic acids is 1. The van der Waals surface area contributed by atoms with Crippen molar-refractivity contribution in [3.8, 4) is 11.5 Å². The molecular weight excluding hydrogens is 276 g/mol. The molecule has 112 valence electrons. The Morgan fingerprint density at radius 2 is 2.05 bits per heavy atom. The summed E-state index contributed by atoms with van der Waals surface area (Å²) in [5.74, 6) is 0.873. The summed E-state index contributed by atoms with van der Waals surface area (Å²) in [6.45, 7) is 0.0842. The van der Waals surface area contributed by atoms with Crippen LogP contribution in [0.2, 0.25) is 0 Å². The van der Waals surface area contributed by atoms with Gasteiger partial charge in [0.25, 0.3) is 0 Å². The third-order valence-corrected chi connectivity index (χ3v) is 2.69. The first-order valence-corrected chi connectivity index (χ1v) is 6.14. The lowest BCUT2D eigenvalue weighted by Gasteiger charge is -2.10. The van der Waals surface area contributed by atoms with Crippen LogP contribution < -0.4 is 15.2 Å². The molecule has 21 heavy (non-hydrogen) atoms. The van der Waals surface area contributed by atoms with Crippen molar-refractivity contribution >= 4 is 11.9 Å². The van der Waals surface area contributed by atoms with E-state index in [9.17, 15) is 4.79 Å². The highest BCUT2D eigenvalue weighted by Gasteiger charge is 2.09. The lowest BCUT2D eigenvalue weighted by atomic mass is 10.2. The first kappa shape index (κ1) is 14.6. The largest absolute Gasteiger partial charge is 0.493 e. The first-order valence-electron chi connectivity index (χ1n) is 6.14. The number of carbonyl (C=O) groups is 1. The molecule has 0 amide bonds. The van der Waals surface area contributed by atoms with Gasteiger partial charge in [-0.2, -0.15) is 0 Å². The minimum Gasteiger partial charge on any atom is -0.493 e. The fraction of sp³-hybridized carbons (Fsp3) is 0.308. The fourth-order valence-electron chi connectivity index (χ4n) is 1.70. The van der Waals surface area contributed by atoms with Crippen LogP contribution in [0.4, 0.5) is 5.95 Å². The number of anilines is 1. The molecule has 8 heteroatoms. The Balaban J connectivity index is 1.91. The summed E-state index contributed by atoms with van der Waals surface area (Å²) in [7, 11) is 3.10. The predicted octanol–water partition coefficient (Wildman–Crippen LogP) is 0.621. The number of ether oxygens (including phenoxy) is 3. The van der Waals surface area contributed by atoms with Gasteiger partial charge in [0.2, 0.25) is 5.95 Å². The van der Waals surface area contributed by atoms with Crippen LogP contribution >= 0.6 is 0 Å². The van der Waals surface area contributed by atoms with Crippen molar-refractivity contribution in [1.29, 1.82) is 0 Å². The number of hydrogen-bond acceptors (Lipinski definition) is 7. The van der Waals surface area contributed by atoms with Crippen molar-refractivity contribution in [2.75, 3.05) is 20.0 Å². The van der Waals surface area contributed by atoms with E-state index in [1.165, 1.54) is 11.0 Å². The molecule has 8 nitrogen and oxygen atoms in total. The minimum absolute atomic E-state index is 0.0442. The molecule has 2 rings (SSSR count). The zero-order chi connectivity index (χ0) is 15.2. The van der Waals surface area contributed by atoms with Crippen LogP contribution in [0.5, 0.6) is 11.5 Å². The molecule has 0 aliphatic carbocycles. The van der Waals surface area contributed by atoms with Gasteiger partial charge in [-0.25, -0.2) is 9.67 Å². The van der Waals surface area contributed by atoms with Gasteiger partial charge in [-0.3, -0.25) is 4.79 Å². The predicted molar refractivity (Wildman–Crippen MR) is 73.8 cm³/mol. The lowest BCUT2D eigenvalue weighted by molar-refractivity contribution is -0.145. The van der Waals surface area contributed by atoms with Gasteiger partial charge in [0.05, 0.1) is 14.2 Å². The van der Waals surface area contributed by atoms with E-state index in [0.717, 1.165) is 5.56 Å². The van der Waals surface area contributed by atoms with E-state index in [4.69, 9.17) is 19.9 Å². The molecule has 0 aliphatic heterocycles. The molecule has 0 saturated heterocycles. The van der Waals surface area contributed by atoms with Crippen molar-refractivity contribution in [3.63, 3.8) is 0 Å². The van der Waals surface area contributed by atoms with Crippen LogP contribution in [0.3, 0.4) is 0 Å². The number of hydrogen-bond donors (Lipinski definition) is 1. The topological polar surface area (TPSA) is 101 Å². The third-order valence-electron chi connectivity index (χ3n) is 2.69. The molecular formula is C13H16N4O4. The molecule has 2 aromatic rings. The number of rotatable bonds is 6. The standard InChI is InChI=1S/C13H16N4O4/c1-19-10-4-3-9(5-11(10)20-2)7-21-12(18)6-17-8-15-13(14)16-17/h3-5,8H,6-7H2,1-2H3,(H2,14,16). The van der Waals surface area contributed by atoms with Gasteiger partial charge in [-0.1, -0.05) is 6.07 Å². The van der Waals surface area contributed by atoms with Crippen LogP contribution in [-0.4, -0.2) is 35.0 Å². The number of nitrogens with two attached hydrogens (primary N) is 1. The highest BCUT2D eigenvalue weighted by Crippen LogP contribution is 2.27. The smallest absolute Gasteiger partial charge is 0.328 e. The molecule has 0 spiro atoms. The molecule has 2 N–H and O–H groups in total. The Labute approximate surface area is 121 Å². The van der Waals surface area contributed by atoms with E-state index in [1.807, 2.05) is 0 Å². The second-order valence-electron chi connectivity index (χ2n) is 4.15. The van der Waals surface area contributed by atoms with Crippen molar-refractivity contribution in [3.05, 3.63) is 30.1 Å². The number of esters is 1. The zero-order valence-corrected chi connectivity index (χ0v) is 11.8. The van der Waals surface area contributed by atoms with E-state index >= 15 is 0 Å². The molecule has 0 aliphatic rings. The quantitative estimate of drug-likeness (QED) is 0.779. The number of aromatic nitrogens is 3. The molecule has 0 radical (unpaired) electrons. The SMILES string of the molecule is COc1ccc(COC(=O)Cn2cnc(N)n2)cc1OC. The Morgan fingerprint density at radius 1 is 1.29 bits per heavy atom. The van der Waals surface area contributed by atoms with Crippen LogP contribution in [0, 0.1) is 0 Å². The van der Waals surface area contributed by atoms with Crippen molar-refractivity contribution in [2.45, 2.75) is 13.2 Å². The Hall–Kier alpha value is -2.77. The van der Waals surface area contributed by atoms with Crippen molar-refractivity contribution < 1.29 is 19.0 Å². The van der Waals surface area contributed by atoms with E-state index in [1.54, 1.807) is 32.4 Å². The summed E-state index contributed by atoms with van der Waals surface area (Å²) in [5.41, 5.74) is 6.15. The monoisotopic (exact) mass is 292 g/mol. The van der Waals surface area contributed by atoms with E-state index in [2.05, 4.69) is 10.1 Å². The van der Waals surface area contributed by atoms with Gasteiger partial charge in [-0.05, 0) is 17.7 Å². The van der Waals surface area contributed by atoms with Crippen LogP contribution in [0.15, 0.2) is 24.5 Å². The Bertz CT molecular complexity index is 626. The van der Waals surface area contributed by atoms with Crippen molar-refractivity contribution in [1.82, 2.24) is 14.8 Å². The fourth-order valence-corrected chi connectivity index (χ4v) is 1.70. The second kappa shape index (κ2) is 6.60. The molecule has 0 bridgehead atoms. The van der Waals surface area contributed by atoms with Crippen LogP contribution in [0.1, 0.15) is 5.56 Å². The first-order chi connectivity index (χ1) is 10.1. The normalized spacial score (nSPS) is 10.2. The van der Waals surface area contributed by atoms with Gasteiger partial charge in [-0.15, -0.1) is 5.10 Å². The summed E-state index contributed by atoms with van der Waals surface area (Å²) in [6, 6.07) is 5.29. The number of nitrogen functional groups attached to an aromatic ring is 1. The average molecular weight is 292 g/mol. The van der Waals surface area contributed by atoms with E-state index in [-0.39, 0.29) is 19.1 Å².